The first-order valence-corrected chi connectivity index (χ1v) is 3.78. The van der Waals surface area contributed by atoms with Crippen molar-refractivity contribution in [2.75, 3.05) is 14.2 Å². The van der Waals surface area contributed by atoms with Gasteiger partial charge in [0, 0.05) is 26.1 Å². The van der Waals surface area contributed by atoms with E-state index in [0.29, 0.717) is 6.42 Å². The van der Waals surface area contributed by atoms with Crippen LogP contribution < -0.4 is 0 Å². The van der Waals surface area contributed by atoms with Crippen LogP contribution in [0.2, 0.25) is 0 Å². The van der Waals surface area contributed by atoms with Crippen LogP contribution in [0.1, 0.15) is 19.3 Å². The minimum absolute atomic E-state index is 0.114. The summed E-state index contributed by atoms with van der Waals surface area (Å²) in [4.78, 5) is 10.5. The van der Waals surface area contributed by atoms with E-state index in [0.717, 1.165) is 19.1 Å². The van der Waals surface area contributed by atoms with Crippen molar-refractivity contribution in [3.63, 3.8) is 0 Å². The van der Waals surface area contributed by atoms with Crippen molar-refractivity contribution < 1.29 is 14.3 Å². The predicted molar refractivity (Wildman–Crippen MR) is 40.2 cm³/mol. The highest BCUT2D eigenvalue weighted by molar-refractivity contribution is 5.63. The normalized spacial score (nSPS) is 20.3. The topological polar surface area (TPSA) is 35.5 Å². The van der Waals surface area contributed by atoms with Gasteiger partial charge in [-0.05, 0) is 12.8 Å². The Hall–Kier alpha value is -0.410. The Morgan fingerprint density at radius 3 is 2.27 bits per heavy atom. The van der Waals surface area contributed by atoms with E-state index in [4.69, 9.17) is 9.47 Å². The molecule has 0 heterocycles. The third-order valence-corrected chi connectivity index (χ3v) is 2.24. The molecule has 0 N–H and O–H groups in total. The summed E-state index contributed by atoms with van der Waals surface area (Å²) in [6.07, 6.45) is 3.48. The summed E-state index contributed by atoms with van der Waals surface area (Å²) in [6.45, 7) is 0. The van der Waals surface area contributed by atoms with Crippen LogP contribution in [0.4, 0.5) is 0 Å². The molecule has 0 atom stereocenters. The Labute approximate surface area is 66.7 Å². The minimum Gasteiger partial charge on any atom is -0.356 e. The number of carbonyl (C=O) groups is 1. The molecule has 1 rings (SSSR count). The maximum absolute atomic E-state index is 10.5. The summed E-state index contributed by atoms with van der Waals surface area (Å²) in [7, 11) is 3.18. The van der Waals surface area contributed by atoms with E-state index >= 15 is 0 Å². The summed E-state index contributed by atoms with van der Waals surface area (Å²) >= 11 is 0. The quantitative estimate of drug-likeness (QED) is 0.442. The fourth-order valence-electron chi connectivity index (χ4n) is 1.13. The first-order valence-electron chi connectivity index (χ1n) is 3.78. The zero-order valence-corrected chi connectivity index (χ0v) is 7.00. The highest BCUT2D eigenvalue weighted by Crippen LogP contribution is 2.47. The molecule has 0 unspecified atom stereocenters. The molecule has 0 bridgehead atoms. The van der Waals surface area contributed by atoms with E-state index in [1.807, 2.05) is 0 Å². The van der Waals surface area contributed by atoms with Crippen LogP contribution in [0.15, 0.2) is 0 Å². The molecule has 1 saturated carbocycles. The second-order valence-corrected chi connectivity index (χ2v) is 3.09. The molecule has 0 aromatic carbocycles. The number of methoxy groups -OCH3 is 2. The zero-order chi connectivity index (χ0) is 8.32. The molecule has 0 aromatic rings. The van der Waals surface area contributed by atoms with Crippen molar-refractivity contribution in [3.8, 4) is 0 Å². The lowest BCUT2D eigenvalue weighted by atomic mass is 10.1. The van der Waals surface area contributed by atoms with E-state index in [1.54, 1.807) is 14.2 Å². The van der Waals surface area contributed by atoms with Gasteiger partial charge in [-0.3, -0.25) is 0 Å². The third kappa shape index (κ3) is 2.01. The van der Waals surface area contributed by atoms with Gasteiger partial charge in [0.25, 0.3) is 0 Å². The largest absolute Gasteiger partial charge is 0.356 e. The molecule has 1 aliphatic carbocycles. The Balaban J connectivity index is 2.33. The van der Waals surface area contributed by atoms with Gasteiger partial charge in [-0.15, -0.1) is 0 Å². The highest BCUT2D eigenvalue weighted by Gasteiger charge is 2.44. The fourth-order valence-corrected chi connectivity index (χ4v) is 1.13. The Kier molecular flexibility index (Phi) is 2.62. The zero-order valence-electron chi connectivity index (χ0n) is 7.00. The SMILES string of the molecule is COC(CC1(C=O)CC1)OC. The van der Waals surface area contributed by atoms with E-state index < -0.39 is 0 Å². The summed E-state index contributed by atoms with van der Waals surface area (Å²) in [5.74, 6) is 0. The molecule has 0 aromatic heterocycles. The average molecular weight is 158 g/mol. The van der Waals surface area contributed by atoms with E-state index in [9.17, 15) is 4.79 Å². The lowest BCUT2D eigenvalue weighted by Gasteiger charge is -2.15. The van der Waals surface area contributed by atoms with Gasteiger partial charge in [-0.25, -0.2) is 0 Å². The van der Waals surface area contributed by atoms with Crippen LogP contribution in [-0.2, 0) is 14.3 Å². The molecule has 0 amide bonds. The molecule has 3 nitrogen and oxygen atoms in total. The maximum Gasteiger partial charge on any atom is 0.157 e. The van der Waals surface area contributed by atoms with E-state index in [2.05, 4.69) is 0 Å². The number of hydrogen-bond acceptors (Lipinski definition) is 3. The van der Waals surface area contributed by atoms with Crippen molar-refractivity contribution >= 4 is 6.29 Å². The number of rotatable bonds is 5. The monoisotopic (exact) mass is 158 g/mol. The lowest BCUT2D eigenvalue weighted by Crippen LogP contribution is -2.19. The Morgan fingerprint density at radius 1 is 1.45 bits per heavy atom. The molecule has 1 aliphatic rings. The predicted octanol–water partition coefficient (Wildman–Crippen LogP) is 0.974. The highest BCUT2D eigenvalue weighted by atomic mass is 16.7. The summed E-state index contributed by atoms with van der Waals surface area (Å²) < 4.78 is 9.99. The van der Waals surface area contributed by atoms with Crippen LogP contribution in [0.5, 0.6) is 0 Å². The molecule has 0 aliphatic heterocycles. The van der Waals surface area contributed by atoms with Gasteiger partial charge in [-0.2, -0.15) is 0 Å². The standard InChI is InChI=1S/C8H14O3/c1-10-7(11-2)5-8(6-9)3-4-8/h6-7H,3-5H2,1-2H3. The average Bonchev–Trinajstić information content (AvgIpc) is 2.81. The molecular weight excluding hydrogens is 144 g/mol. The van der Waals surface area contributed by atoms with Crippen molar-refractivity contribution in [1.29, 1.82) is 0 Å². The molecule has 0 spiro atoms. The van der Waals surface area contributed by atoms with Gasteiger partial charge in [-0.1, -0.05) is 0 Å². The first kappa shape index (κ1) is 8.68. The summed E-state index contributed by atoms with van der Waals surface area (Å²) in [5, 5.41) is 0. The number of ether oxygens (including phenoxy) is 2. The van der Waals surface area contributed by atoms with Crippen molar-refractivity contribution in [3.05, 3.63) is 0 Å². The molecule has 11 heavy (non-hydrogen) atoms. The second kappa shape index (κ2) is 3.32. The van der Waals surface area contributed by atoms with Gasteiger partial charge >= 0.3 is 0 Å². The van der Waals surface area contributed by atoms with Crippen LogP contribution in [0.3, 0.4) is 0 Å². The Morgan fingerprint density at radius 2 is 2.00 bits per heavy atom. The summed E-state index contributed by atoms with van der Waals surface area (Å²) in [6, 6.07) is 0. The van der Waals surface area contributed by atoms with Crippen molar-refractivity contribution in [2.45, 2.75) is 25.6 Å². The fraction of sp³-hybridized carbons (Fsp3) is 0.875. The first-order chi connectivity index (χ1) is 5.26. The molecule has 0 radical (unpaired) electrons. The van der Waals surface area contributed by atoms with Crippen molar-refractivity contribution in [1.82, 2.24) is 0 Å². The van der Waals surface area contributed by atoms with Gasteiger partial charge < -0.3 is 14.3 Å². The molecule has 64 valence electrons. The maximum atomic E-state index is 10.5. The smallest absolute Gasteiger partial charge is 0.157 e. The minimum atomic E-state index is -0.220. The van der Waals surface area contributed by atoms with Crippen LogP contribution in [0.25, 0.3) is 0 Å². The van der Waals surface area contributed by atoms with Gasteiger partial charge in [0.1, 0.15) is 6.29 Å². The van der Waals surface area contributed by atoms with E-state index in [-0.39, 0.29) is 11.7 Å². The van der Waals surface area contributed by atoms with E-state index in [1.165, 1.54) is 0 Å². The van der Waals surface area contributed by atoms with Crippen LogP contribution >= 0.6 is 0 Å². The second-order valence-electron chi connectivity index (χ2n) is 3.09. The number of aldehydes is 1. The summed E-state index contributed by atoms with van der Waals surface area (Å²) in [5.41, 5.74) is -0.114. The molecule has 1 fully saturated rings. The lowest BCUT2D eigenvalue weighted by molar-refractivity contribution is -0.129. The third-order valence-electron chi connectivity index (χ3n) is 2.24. The molecular formula is C8H14O3. The van der Waals surface area contributed by atoms with Crippen LogP contribution in [-0.4, -0.2) is 26.8 Å². The van der Waals surface area contributed by atoms with Crippen molar-refractivity contribution in [2.24, 2.45) is 5.41 Å². The number of hydrogen-bond donors (Lipinski definition) is 0. The van der Waals surface area contributed by atoms with Gasteiger partial charge in [0.05, 0.1) is 0 Å². The number of carbonyl (C=O) groups excluding carboxylic acids is 1. The Bertz CT molecular complexity index is 136. The molecule has 3 heteroatoms. The van der Waals surface area contributed by atoms with Gasteiger partial charge in [0.2, 0.25) is 0 Å². The van der Waals surface area contributed by atoms with Gasteiger partial charge in [0.15, 0.2) is 6.29 Å². The molecule has 0 saturated heterocycles. The van der Waals surface area contributed by atoms with Crippen LogP contribution in [0, 0.1) is 5.41 Å².